The average molecular weight is 394 g/mol. The average Bonchev–Trinajstić information content (AvgIpc) is 3.07. The van der Waals surface area contributed by atoms with Crippen LogP contribution in [0.15, 0.2) is 4.52 Å². The lowest BCUT2D eigenvalue weighted by atomic mass is 9.71. The molecule has 1 heterocycles. The van der Waals surface area contributed by atoms with Gasteiger partial charge in [-0.3, -0.25) is 9.59 Å². The Bertz CT molecular complexity index is 644. The number of carboxylic acid groups (broad SMARTS) is 1. The summed E-state index contributed by atoms with van der Waals surface area (Å²) in [5.74, 6) is -0.463. The van der Waals surface area contributed by atoms with Gasteiger partial charge in [0.05, 0.1) is 18.4 Å². The lowest BCUT2D eigenvalue weighted by Gasteiger charge is -2.32. The van der Waals surface area contributed by atoms with Crippen LogP contribution in [0.1, 0.15) is 96.7 Å². The molecule has 1 aromatic rings. The molecule has 7 nitrogen and oxygen atoms in total. The van der Waals surface area contributed by atoms with Crippen molar-refractivity contribution in [2.24, 2.45) is 17.3 Å². The summed E-state index contributed by atoms with van der Waals surface area (Å²) in [6.07, 6.45) is 9.32. The van der Waals surface area contributed by atoms with Gasteiger partial charge in [-0.25, -0.2) is 0 Å². The van der Waals surface area contributed by atoms with E-state index in [2.05, 4.69) is 15.5 Å². The first kappa shape index (κ1) is 22.4. The van der Waals surface area contributed by atoms with Gasteiger partial charge < -0.3 is 14.9 Å². The zero-order valence-electron chi connectivity index (χ0n) is 17.7. The molecule has 2 atom stereocenters. The van der Waals surface area contributed by atoms with Crippen molar-refractivity contribution in [3.63, 3.8) is 0 Å². The van der Waals surface area contributed by atoms with Crippen LogP contribution in [0, 0.1) is 17.3 Å². The Balaban J connectivity index is 2.13. The van der Waals surface area contributed by atoms with Crippen LogP contribution in [-0.2, 0) is 16.1 Å². The van der Waals surface area contributed by atoms with E-state index in [-0.39, 0.29) is 18.4 Å². The molecule has 0 spiro atoms. The smallest absolute Gasteiger partial charge is 0.307 e. The van der Waals surface area contributed by atoms with Crippen molar-refractivity contribution in [2.45, 2.75) is 91.5 Å². The number of carboxylic acids is 1. The van der Waals surface area contributed by atoms with E-state index in [1.807, 2.05) is 20.8 Å². The predicted octanol–water partition coefficient (Wildman–Crippen LogP) is 4.29. The second-order valence-electron chi connectivity index (χ2n) is 9.18. The van der Waals surface area contributed by atoms with Crippen molar-refractivity contribution in [1.82, 2.24) is 15.5 Å². The minimum absolute atomic E-state index is 0.173. The molecule has 1 unspecified atom stereocenters. The van der Waals surface area contributed by atoms with Crippen molar-refractivity contribution in [3.8, 4) is 0 Å². The minimum Gasteiger partial charge on any atom is -0.481 e. The number of nitrogens with one attached hydrogen (secondary N) is 1. The van der Waals surface area contributed by atoms with E-state index in [4.69, 9.17) is 4.52 Å². The molecule has 158 valence electrons. The lowest BCUT2D eigenvalue weighted by Crippen LogP contribution is -2.34. The molecule has 1 aliphatic rings. The van der Waals surface area contributed by atoms with E-state index in [1.54, 1.807) is 0 Å². The topological polar surface area (TPSA) is 105 Å². The number of rotatable bonds is 9. The maximum Gasteiger partial charge on any atom is 0.307 e. The Labute approximate surface area is 167 Å². The monoisotopic (exact) mass is 393 g/mol. The van der Waals surface area contributed by atoms with Crippen molar-refractivity contribution < 1.29 is 19.2 Å². The van der Waals surface area contributed by atoms with Crippen LogP contribution in [0.2, 0.25) is 0 Å². The van der Waals surface area contributed by atoms with Gasteiger partial charge in [-0.1, -0.05) is 70.9 Å². The molecule has 1 fully saturated rings. The van der Waals surface area contributed by atoms with E-state index in [9.17, 15) is 14.7 Å². The summed E-state index contributed by atoms with van der Waals surface area (Å²) in [6, 6.07) is 0. The van der Waals surface area contributed by atoms with E-state index < -0.39 is 17.3 Å². The Morgan fingerprint density at radius 3 is 2.50 bits per heavy atom. The highest BCUT2D eigenvalue weighted by molar-refractivity contribution is 5.72. The number of aromatic nitrogens is 2. The number of carbonyl (C=O) groups is 2. The number of aliphatic carboxylic acids is 1. The highest BCUT2D eigenvalue weighted by atomic mass is 16.5. The maximum atomic E-state index is 12.1. The van der Waals surface area contributed by atoms with Crippen molar-refractivity contribution in [1.29, 1.82) is 0 Å². The molecule has 2 rings (SSSR count). The van der Waals surface area contributed by atoms with Crippen LogP contribution in [0.4, 0.5) is 0 Å². The molecule has 0 aromatic carbocycles. The van der Waals surface area contributed by atoms with Gasteiger partial charge in [-0.05, 0) is 17.8 Å². The Morgan fingerprint density at radius 2 is 1.93 bits per heavy atom. The van der Waals surface area contributed by atoms with Gasteiger partial charge in [0.1, 0.15) is 0 Å². The summed E-state index contributed by atoms with van der Waals surface area (Å²) in [5, 5.41) is 16.5. The molecule has 2 N–H and O–H groups in total. The van der Waals surface area contributed by atoms with E-state index in [1.165, 1.54) is 39.0 Å². The van der Waals surface area contributed by atoms with Crippen LogP contribution < -0.4 is 5.32 Å². The fourth-order valence-electron chi connectivity index (χ4n) is 4.37. The molecule has 1 aliphatic carbocycles. The van der Waals surface area contributed by atoms with E-state index >= 15 is 0 Å². The number of carbonyl (C=O) groups excluding carboxylic acids is 1. The van der Waals surface area contributed by atoms with Crippen LogP contribution in [0.25, 0.3) is 0 Å². The van der Waals surface area contributed by atoms with E-state index in [0.717, 1.165) is 18.8 Å². The lowest BCUT2D eigenvalue weighted by molar-refractivity contribution is -0.147. The summed E-state index contributed by atoms with van der Waals surface area (Å²) in [7, 11) is 0. The number of hydrogen-bond donors (Lipinski definition) is 2. The Morgan fingerprint density at radius 1 is 1.25 bits per heavy atom. The molecular weight excluding hydrogens is 358 g/mol. The summed E-state index contributed by atoms with van der Waals surface area (Å²) >= 11 is 0. The van der Waals surface area contributed by atoms with Crippen molar-refractivity contribution >= 4 is 11.9 Å². The third-order valence-electron chi connectivity index (χ3n) is 5.75. The van der Waals surface area contributed by atoms with Gasteiger partial charge in [0.25, 0.3) is 0 Å². The van der Waals surface area contributed by atoms with Gasteiger partial charge >= 0.3 is 5.97 Å². The second-order valence-corrected chi connectivity index (χ2v) is 9.18. The van der Waals surface area contributed by atoms with Gasteiger partial charge in [-0.2, -0.15) is 4.98 Å². The third kappa shape index (κ3) is 6.60. The van der Waals surface area contributed by atoms with Crippen molar-refractivity contribution in [2.75, 3.05) is 0 Å². The SMILES string of the molecule is CC(=O)NCc1noc([C@H](CCCC2CCCCC2)C(C(=O)O)C(C)(C)C)n1. The quantitative estimate of drug-likeness (QED) is 0.648. The summed E-state index contributed by atoms with van der Waals surface area (Å²) in [6.45, 7) is 7.42. The highest BCUT2D eigenvalue weighted by Crippen LogP contribution is 2.41. The minimum atomic E-state index is -0.836. The van der Waals surface area contributed by atoms with Crippen molar-refractivity contribution in [3.05, 3.63) is 11.7 Å². The van der Waals surface area contributed by atoms with Gasteiger partial charge in [0, 0.05) is 6.92 Å². The number of nitrogens with zero attached hydrogens (tertiary/aromatic N) is 2. The fraction of sp³-hybridized carbons (Fsp3) is 0.810. The zero-order chi connectivity index (χ0) is 20.7. The second kappa shape index (κ2) is 10.0. The summed E-state index contributed by atoms with van der Waals surface area (Å²) in [5.41, 5.74) is -0.437. The van der Waals surface area contributed by atoms with E-state index in [0.29, 0.717) is 18.1 Å². The third-order valence-corrected chi connectivity index (χ3v) is 5.75. The van der Waals surface area contributed by atoms with Gasteiger partial charge in [-0.15, -0.1) is 0 Å². The normalized spacial score (nSPS) is 17.9. The van der Waals surface area contributed by atoms with Gasteiger partial charge in [0.2, 0.25) is 11.8 Å². The number of hydrogen-bond acceptors (Lipinski definition) is 5. The molecule has 0 bridgehead atoms. The molecule has 28 heavy (non-hydrogen) atoms. The van der Waals surface area contributed by atoms with Crippen LogP contribution in [0.5, 0.6) is 0 Å². The van der Waals surface area contributed by atoms with Gasteiger partial charge in [0.15, 0.2) is 5.82 Å². The summed E-state index contributed by atoms with van der Waals surface area (Å²) in [4.78, 5) is 27.6. The molecule has 0 radical (unpaired) electrons. The number of amides is 1. The van der Waals surface area contributed by atoms with Crippen LogP contribution >= 0.6 is 0 Å². The molecule has 0 saturated heterocycles. The van der Waals surface area contributed by atoms with Crippen LogP contribution in [-0.4, -0.2) is 27.1 Å². The predicted molar refractivity (Wildman–Crippen MR) is 106 cm³/mol. The fourth-order valence-corrected chi connectivity index (χ4v) is 4.37. The molecule has 1 saturated carbocycles. The Kier molecular flexibility index (Phi) is 8.01. The molecule has 0 aliphatic heterocycles. The first-order valence-corrected chi connectivity index (χ1v) is 10.5. The first-order valence-electron chi connectivity index (χ1n) is 10.5. The standard InChI is InChI=1S/C21H35N3O4/c1-14(25)22-13-17-23-19(28-24-17)16(18(20(26)27)21(2,3)4)12-8-11-15-9-6-5-7-10-15/h15-16,18H,5-13H2,1-4H3,(H,22,25)(H,26,27)/t16-,18?/m1/s1. The highest BCUT2D eigenvalue weighted by Gasteiger charge is 2.41. The summed E-state index contributed by atoms with van der Waals surface area (Å²) < 4.78 is 5.45. The molecule has 1 aromatic heterocycles. The first-order chi connectivity index (χ1) is 13.2. The molecular formula is C21H35N3O4. The largest absolute Gasteiger partial charge is 0.481 e. The zero-order valence-corrected chi connectivity index (χ0v) is 17.7. The molecule has 7 heteroatoms. The maximum absolute atomic E-state index is 12.1. The molecule has 1 amide bonds. The Hall–Kier alpha value is -1.92. The van der Waals surface area contributed by atoms with Crippen LogP contribution in [0.3, 0.4) is 0 Å².